The molecule has 1 N–H and O–H groups in total. The molecule has 0 bridgehead atoms. The summed E-state index contributed by atoms with van der Waals surface area (Å²) in [6.07, 6.45) is 2.95. The molecule has 0 radical (unpaired) electrons. The monoisotopic (exact) mass is 191 g/mol. The van der Waals surface area contributed by atoms with Crippen LogP contribution in [0, 0.1) is 0 Å². The average molecular weight is 191 g/mol. The van der Waals surface area contributed by atoms with Crippen LogP contribution in [0.1, 0.15) is 5.56 Å². The molecule has 0 atom stereocenters. The first-order chi connectivity index (χ1) is 6.77. The number of hydrogen-bond donors (Lipinski definition) is 1. The van der Waals surface area contributed by atoms with E-state index in [0.717, 1.165) is 17.7 Å². The van der Waals surface area contributed by atoms with E-state index in [1.165, 1.54) is 5.06 Å². The SMILES string of the molecule is O=C(O)ON1C=CCc2ccccc21. The zero-order chi connectivity index (χ0) is 9.97. The van der Waals surface area contributed by atoms with Crippen molar-refractivity contribution >= 4 is 11.8 Å². The van der Waals surface area contributed by atoms with Gasteiger partial charge in [0.2, 0.25) is 0 Å². The predicted molar refractivity (Wildman–Crippen MR) is 50.9 cm³/mol. The van der Waals surface area contributed by atoms with Crippen LogP contribution in [0.25, 0.3) is 0 Å². The Kier molecular flexibility index (Phi) is 2.10. The van der Waals surface area contributed by atoms with Gasteiger partial charge in [-0.25, -0.2) is 4.79 Å². The highest BCUT2D eigenvalue weighted by atomic mass is 16.8. The Labute approximate surface area is 81.0 Å². The summed E-state index contributed by atoms with van der Waals surface area (Å²) in [5, 5.41) is 9.74. The maximum atomic E-state index is 10.4. The second kappa shape index (κ2) is 3.41. The minimum absolute atomic E-state index is 0.775. The van der Waals surface area contributed by atoms with Gasteiger partial charge in [0.1, 0.15) is 0 Å². The number of allylic oxidation sites excluding steroid dienone is 1. The second-order valence-electron chi connectivity index (χ2n) is 2.90. The predicted octanol–water partition coefficient (Wildman–Crippen LogP) is 2.17. The van der Waals surface area contributed by atoms with E-state index >= 15 is 0 Å². The zero-order valence-corrected chi connectivity index (χ0v) is 7.38. The number of fused-ring (bicyclic) bond motifs is 1. The molecule has 1 aromatic rings. The number of hydroxylamine groups is 1. The number of nitrogens with zero attached hydrogens (tertiary/aromatic N) is 1. The highest BCUT2D eigenvalue weighted by Gasteiger charge is 2.15. The molecule has 72 valence electrons. The smallest absolute Gasteiger partial charge is 0.448 e. The second-order valence-corrected chi connectivity index (χ2v) is 2.90. The molecule has 0 spiro atoms. The van der Waals surface area contributed by atoms with E-state index in [2.05, 4.69) is 4.84 Å². The molecule has 1 aliphatic heterocycles. The highest BCUT2D eigenvalue weighted by molar-refractivity contribution is 5.63. The number of carbonyl (C=O) groups is 1. The summed E-state index contributed by atoms with van der Waals surface area (Å²) < 4.78 is 0. The van der Waals surface area contributed by atoms with E-state index in [9.17, 15) is 4.79 Å². The quantitative estimate of drug-likeness (QED) is 0.739. The first kappa shape index (κ1) is 8.62. The third-order valence-corrected chi connectivity index (χ3v) is 1.98. The lowest BCUT2D eigenvalue weighted by Crippen LogP contribution is -2.23. The Bertz CT molecular complexity index is 387. The Balaban J connectivity index is 2.31. The normalized spacial score (nSPS) is 13.6. The van der Waals surface area contributed by atoms with Gasteiger partial charge in [-0.15, -0.1) is 0 Å². The summed E-state index contributed by atoms with van der Waals surface area (Å²) in [5.41, 5.74) is 1.83. The Morgan fingerprint density at radius 2 is 2.21 bits per heavy atom. The number of hydrogen-bond acceptors (Lipinski definition) is 3. The van der Waals surface area contributed by atoms with Gasteiger partial charge in [-0.2, -0.15) is 5.06 Å². The molecule has 0 saturated carbocycles. The standard InChI is InChI=1S/C10H9NO3/c12-10(13)14-11-7-3-5-8-4-1-2-6-9(8)11/h1-4,6-7H,5H2,(H,12,13). The molecule has 0 aromatic heterocycles. The van der Waals surface area contributed by atoms with Crippen molar-refractivity contribution in [3.05, 3.63) is 42.1 Å². The molecule has 0 saturated heterocycles. The van der Waals surface area contributed by atoms with Gasteiger partial charge in [-0.1, -0.05) is 24.3 Å². The van der Waals surface area contributed by atoms with Crippen molar-refractivity contribution in [2.45, 2.75) is 6.42 Å². The van der Waals surface area contributed by atoms with Gasteiger partial charge in [0.05, 0.1) is 5.69 Å². The van der Waals surface area contributed by atoms with Crippen LogP contribution in [0.5, 0.6) is 0 Å². The van der Waals surface area contributed by atoms with Gasteiger partial charge in [-0.3, -0.25) is 0 Å². The van der Waals surface area contributed by atoms with Gasteiger partial charge >= 0.3 is 6.16 Å². The van der Waals surface area contributed by atoms with E-state index in [4.69, 9.17) is 5.11 Å². The van der Waals surface area contributed by atoms with Crippen molar-refractivity contribution in [2.24, 2.45) is 0 Å². The first-order valence-electron chi connectivity index (χ1n) is 4.22. The minimum atomic E-state index is -1.31. The van der Waals surface area contributed by atoms with E-state index in [1.807, 2.05) is 30.3 Å². The molecule has 4 nitrogen and oxygen atoms in total. The van der Waals surface area contributed by atoms with Crippen molar-refractivity contribution in [3.63, 3.8) is 0 Å². The van der Waals surface area contributed by atoms with Gasteiger partial charge in [0.25, 0.3) is 0 Å². The molecule has 2 rings (SSSR count). The molecule has 14 heavy (non-hydrogen) atoms. The first-order valence-corrected chi connectivity index (χ1v) is 4.22. The Morgan fingerprint density at radius 3 is 3.00 bits per heavy atom. The zero-order valence-electron chi connectivity index (χ0n) is 7.38. The Morgan fingerprint density at radius 1 is 1.43 bits per heavy atom. The lowest BCUT2D eigenvalue weighted by molar-refractivity contribution is 0.0900. The number of rotatable bonds is 1. The largest absolute Gasteiger partial charge is 0.531 e. The summed E-state index contributed by atoms with van der Waals surface area (Å²) in [6, 6.07) is 7.52. The number of anilines is 1. The number of para-hydroxylation sites is 1. The minimum Gasteiger partial charge on any atom is -0.448 e. The molecule has 1 aliphatic rings. The third kappa shape index (κ3) is 1.54. The molecule has 0 unspecified atom stereocenters. The van der Waals surface area contributed by atoms with Crippen LogP contribution in [0.3, 0.4) is 0 Å². The summed E-state index contributed by atoms with van der Waals surface area (Å²) in [5.74, 6) is 0. The van der Waals surface area contributed by atoms with Crippen molar-refractivity contribution < 1.29 is 14.7 Å². The van der Waals surface area contributed by atoms with Crippen LogP contribution >= 0.6 is 0 Å². The molecular formula is C10H9NO3. The van der Waals surface area contributed by atoms with Crippen LogP contribution in [0.4, 0.5) is 10.5 Å². The lowest BCUT2D eigenvalue weighted by Gasteiger charge is -2.22. The van der Waals surface area contributed by atoms with E-state index < -0.39 is 6.16 Å². The highest BCUT2D eigenvalue weighted by Crippen LogP contribution is 2.25. The summed E-state index contributed by atoms with van der Waals surface area (Å²) >= 11 is 0. The summed E-state index contributed by atoms with van der Waals surface area (Å²) in [7, 11) is 0. The number of benzene rings is 1. The van der Waals surface area contributed by atoms with Crippen LogP contribution < -0.4 is 5.06 Å². The molecule has 0 fully saturated rings. The van der Waals surface area contributed by atoms with Gasteiger partial charge in [0, 0.05) is 6.20 Å². The van der Waals surface area contributed by atoms with Crippen molar-refractivity contribution in [1.82, 2.24) is 0 Å². The van der Waals surface area contributed by atoms with E-state index in [-0.39, 0.29) is 0 Å². The fourth-order valence-corrected chi connectivity index (χ4v) is 1.42. The van der Waals surface area contributed by atoms with E-state index in [0.29, 0.717) is 0 Å². The van der Waals surface area contributed by atoms with Crippen LogP contribution in [-0.2, 0) is 11.3 Å². The number of carboxylic acid groups (broad SMARTS) is 1. The topological polar surface area (TPSA) is 49.8 Å². The van der Waals surface area contributed by atoms with Crippen molar-refractivity contribution in [2.75, 3.05) is 5.06 Å². The van der Waals surface area contributed by atoms with Crippen LogP contribution in [0.15, 0.2) is 36.5 Å². The third-order valence-electron chi connectivity index (χ3n) is 1.98. The lowest BCUT2D eigenvalue weighted by atomic mass is 10.1. The maximum absolute atomic E-state index is 10.4. The van der Waals surface area contributed by atoms with Crippen LogP contribution in [0.2, 0.25) is 0 Å². The van der Waals surface area contributed by atoms with Gasteiger partial charge in [-0.05, 0) is 18.1 Å². The van der Waals surface area contributed by atoms with Gasteiger partial charge in [0.15, 0.2) is 0 Å². The summed E-state index contributed by atoms with van der Waals surface area (Å²) in [4.78, 5) is 15.0. The molecule has 1 aromatic carbocycles. The van der Waals surface area contributed by atoms with Crippen LogP contribution in [-0.4, -0.2) is 11.3 Å². The molecule has 0 amide bonds. The molecular weight excluding hydrogens is 182 g/mol. The summed E-state index contributed by atoms with van der Waals surface area (Å²) in [6.45, 7) is 0. The molecule has 4 heteroatoms. The van der Waals surface area contributed by atoms with E-state index in [1.54, 1.807) is 6.20 Å². The Hall–Kier alpha value is -1.97. The fraction of sp³-hybridized carbons (Fsp3) is 0.100. The maximum Gasteiger partial charge on any atom is 0.531 e. The fourth-order valence-electron chi connectivity index (χ4n) is 1.42. The van der Waals surface area contributed by atoms with Gasteiger partial charge < -0.3 is 9.94 Å². The molecule has 0 aliphatic carbocycles. The van der Waals surface area contributed by atoms with Crippen molar-refractivity contribution in [1.29, 1.82) is 0 Å². The van der Waals surface area contributed by atoms with Crippen molar-refractivity contribution in [3.8, 4) is 0 Å². The average Bonchev–Trinajstić information content (AvgIpc) is 2.18. The molecule has 1 heterocycles.